The van der Waals surface area contributed by atoms with Crippen molar-refractivity contribution in [2.45, 2.75) is 64.5 Å². The molecule has 0 saturated carbocycles. The van der Waals surface area contributed by atoms with Gasteiger partial charge in [-0.2, -0.15) is 5.26 Å². The normalized spacial score (nSPS) is 13.2. The van der Waals surface area contributed by atoms with Crippen LogP contribution in [0.2, 0.25) is 0 Å². The van der Waals surface area contributed by atoms with E-state index in [-0.39, 0.29) is 11.8 Å². The van der Waals surface area contributed by atoms with Gasteiger partial charge in [-0.15, -0.1) is 0 Å². The lowest BCUT2D eigenvalue weighted by molar-refractivity contribution is 0.220. The quantitative estimate of drug-likeness (QED) is 0.0469. The van der Waals surface area contributed by atoms with Crippen LogP contribution >= 0.6 is 0 Å². The highest BCUT2D eigenvalue weighted by atomic mass is 19.1. The Morgan fingerprint density at radius 1 is 0.917 bits per heavy atom. The number of anilines is 1. The molecule has 1 aromatic heterocycles. The van der Waals surface area contributed by atoms with Crippen LogP contribution in [0, 0.1) is 22.7 Å². The van der Waals surface area contributed by atoms with Crippen molar-refractivity contribution in [3.05, 3.63) is 89.9 Å². The molecular weight excluding hydrogens is 603 g/mol. The van der Waals surface area contributed by atoms with Crippen LogP contribution in [-0.4, -0.2) is 85.1 Å². The molecule has 0 spiro atoms. The topological polar surface area (TPSA) is 94.8 Å². The fourth-order valence-electron chi connectivity index (χ4n) is 5.93. The lowest BCUT2D eigenvalue weighted by atomic mass is 10.1. The zero-order valence-electron chi connectivity index (χ0n) is 28.6. The Kier molecular flexibility index (Phi) is 16.0. The smallest absolute Gasteiger partial charge is 0.204 e. The molecule has 0 aliphatic carbocycles. The van der Waals surface area contributed by atoms with Gasteiger partial charge in [-0.1, -0.05) is 49.6 Å². The molecule has 9 nitrogen and oxygen atoms in total. The van der Waals surface area contributed by atoms with E-state index in [0.29, 0.717) is 32.7 Å². The van der Waals surface area contributed by atoms with Gasteiger partial charge in [-0.25, -0.2) is 14.3 Å². The maximum atomic E-state index is 13.4. The number of guanidine groups is 1. The number of hydrogen-bond acceptors (Lipinski definition) is 7. The SMILES string of the molecule is CN(CCCCCCNC(=N)N(C#N)CCCOc1cccc(CN2CCCCC2)c1)CCN(Cc1ccc(F)cc1)c1ccccn1. The monoisotopic (exact) mass is 656 g/mol. The third kappa shape index (κ3) is 13.5. The number of likely N-dealkylation sites (tertiary alicyclic amines) is 1. The number of nitriles is 1. The van der Waals surface area contributed by atoms with Crippen LogP contribution in [0.5, 0.6) is 5.75 Å². The summed E-state index contributed by atoms with van der Waals surface area (Å²) in [6, 6.07) is 20.9. The molecule has 1 saturated heterocycles. The Morgan fingerprint density at radius 2 is 1.73 bits per heavy atom. The molecule has 1 aliphatic rings. The van der Waals surface area contributed by atoms with E-state index < -0.39 is 0 Å². The van der Waals surface area contributed by atoms with Gasteiger partial charge in [0.25, 0.3) is 0 Å². The summed E-state index contributed by atoms with van der Waals surface area (Å²) >= 11 is 0. The van der Waals surface area contributed by atoms with Crippen molar-refractivity contribution in [2.24, 2.45) is 0 Å². The van der Waals surface area contributed by atoms with Crippen molar-refractivity contribution < 1.29 is 9.13 Å². The van der Waals surface area contributed by atoms with Crippen molar-refractivity contribution in [3.63, 3.8) is 0 Å². The molecule has 0 amide bonds. The highest BCUT2D eigenvalue weighted by Crippen LogP contribution is 2.18. The number of nitrogens with one attached hydrogen (secondary N) is 2. The first-order valence-corrected chi connectivity index (χ1v) is 17.5. The molecule has 0 bridgehead atoms. The van der Waals surface area contributed by atoms with Crippen molar-refractivity contribution in [1.82, 2.24) is 25.0 Å². The number of halogens is 1. The highest BCUT2D eigenvalue weighted by molar-refractivity contribution is 5.78. The van der Waals surface area contributed by atoms with E-state index in [1.165, 1.54) is 54.9 Å². The Hall–Kier alpha value is -4.20. The van der Waals surface area contributed by atoms with Crippen LogP contribution in [-0.2, 0) is 13.1 Å². The summed E-state index contributed by atoms with van der Waals surface area (Å²) in [5.74, 6) is 1.71. The molecule has 3 aromatic rings. The van der Waals surface area contributed by atoms with E-state index in [9.17, 15) is 9.65 Å². The van der Waals surface area contributed by atoms with E-state index in [1.807, 2.05) is 42.5 Å². The van der Waals surface area contributed by atoms with E-state index in [1.54, 1.807) is 6.20 Å². The van der Waals surface area contributed by atoms with E-state index in [4.69, 9.17) is 10.1 Å². The molecule has 0 atom stereocenters. The van der Waals surface area contributed by atoms with Gasteiger partial charge in [0.05, 0.1) is 6.61 Å². The maximum Gasteiger partial charge on any atom is 0.204 e. The number of benzene rings is 2. The van der Waals surface area contributed by atoms with Crippen LogP contribution < -0.4 is 15.0 Å². The average molecular weight is 657 g/mol. The molecule has 2 aromatic carbocycles. The molecular formula is C38H53FN8O. The van der Waals surface area contributed by atoms with Crippen LogP contribution in [0.4, 0.5) is 10.2 Å². The highest BCUT2D eigenvalue weighted by Gasteiger charge is 2.13. The fourth-order valence-corrected chi connectivity index (χ4v) is 5.93. The number of pyridine rings is 1. The second kappa shape index (κ2) is 20.9. The zero-order valence-corrected chi connectivity index (χ0v) is 28.6. The number of likely N-dealkylation sites (N-methyl/N-ethyl adjacent to an activating group) is 1. The lowest BCUT2D eigenvalue weighted by Crippen LogP contribution is -2.39. The summed E-state index contributed by atoms with van der Waals surface area (Å²) in [4.78, 5) is 13.0. The molecule has 0 unspecified atom stereocenters. The van der Waals surface area contributed by atoms with Gasteiger partial charge < -0.3 is 19.9 Å². The molecule has 1 aliphatic heterocycles. The third-order valence-electron chi connectivity index (χ3n) is 8.71. The van der Waals surface area contributed by atoms with Crippen LogP contribution in [0.15, 0.2) is 72.9 Å². The van der Waals surface area contributed by atoms with Gasteiger partial charge in [0.1, 0.15) is 17.4 Å². The van der Waals surface area contributed by atoms with Crippen molar-refractivity contribution in [2.75, 3.05) is 64.4 Å². The Labute approximate surface area is 286 Å². The van der Waals surface area contributed by atoms with Gasteiger partial charge in [-0.3, -0.25) is 10.3 Å². The van der Waals surface area contributed by atoms with E-state index in [0.717, 1.165) is 69.0 Å². The van der Waals surface area contributed by atoms with E-state index in [2.05, 4.69) is 50.4 Å². The average Bonchev–Trinajstić information content (AvgIpc) is 3.11. The second-order valence-electron chi connectivity index (χ2n) is 12.7. The number of aromatic nitrogens is 1. The minimum absolute atomic E-state index is 0.152. The summed E-state index contributed by atoms with van der Waals surface area (Å²) in [6.45, 7) is 8.34. The standard InChI is InChI=1S/C38H53FN8O/c1-44(26-27-46(37-15-5-7-20-42-37)31-33-16-18-35(39)19-17-33)22-8-3-2-6-21-43-38(41)47(32-40)25-12-28-48-36-14-11-13-34(29-36)30-45-23-9-4-10-24-45/h5,7,11,13-20,29H,2-4,6,8-10,12,21-28,30-31H2,1H3,(H2,41,43). The lowest BCUT2D eigenvalue weighted by Gasteiger charge is -2.27. The van der Waals surface area contributed by atoms with Crippen LogP contribution in [0.1, 0.15) is 62.5 Å². The zero-order chi connectivity index (χ0) is 33.8. The first kappa shape index (κ1) is 36.6. The van der Waals surface area contributed by atoms with Gasteiger partial charge in [0.15, 0.2) is 6.19 Å². The number of piperidine rings is 1. The second-order valence-corrected chi connectivity index (χ2v) is 12.7. The predicted octanol–water partition coefficient (Wildman–Crippen LogP) is 6.48. The fraction of sp³-hybridized carbons (Fsp3) is 0.500. The van der Waals surface area contributed by atoms with Crippen molar-refractivity contribution in [3.8, 4) is 11.9 Å². The maximum absolute atomic E-state index is 13.4. The Bertz CT molecular complexity index is 1380. The van der Waals surface area contributed by atoms with Gasteiger partial charge >= 0.3 is 0 Å². The first-order chi connectivity index (χ1) is 23.5. The number of nitrogens with zero attached hydrogens (tertiary/aromatic N) is 6. The summed E-state index contributed by atoms with van der Waals surface area (Å²) in [6.07, 6.45) is 12.7. The van der Waals surface area contributed by atoms with Gasteiger partial charge in [0, 0.05) is 51.9 Å². The summed E-state index contributed by atoms with van der Waals surface area (Å²) in [5.41, 5.74) is 2.33. The predicted molar refractivity (Wildman–Crippen MR) is 191 cm³/mol. The Balaban J connectivity index is 1.04. The molecule has 1 fully saturated rings. The molecule has 0 radical (unpaired) electrons. The molecule has 48 heavy (non-hydrogen) atoms. The molecule has 258 valence electrons. The summed E-state index contributed by atoms with van der Waals surface area (Å²) in [7, 11) is 2.15. The van der Waals surface area contributed by atoms with Crippen LogP contribution in [0.25, 0.3) is 0 Å². The Morgan fingerprint density at radius 3 is 2.50 bits per heavy atom. The van der Waals surface area contributed by atoms with Gasteiger partial charge in [-0.05, 0) is 99.9 Å². The minimum atomic E-state index is -0.224. The van der Waals surface area contributed by atoms with Crippen molar-refractivity contribution >= 4 is 11.8 Å². The van der Waals surface area contributed by atoms with Crippen molar-refractivity contribution in [1.29, 1.82) is 10.7 Å². The molecule has 10 heteroatoms. The number of rotatable bonds is 20. The number of ether oxygens (including phenoxy) is 1. The van der Waals surface area contributed by atoms with E-state index >= 15 is 0 Å². The summed E-state index contributed by atoms with van der Waals surface area (Å²) < 4.78 is 19.4. The summed E-state index contributed by atoms with van der Waals surface area (Å²) in [5, 5.41) is 21.0. The number of unbranched alkanes of at least 4 members (excludes halogenated alkanes) is 3. The largest absolute Gasteiger partial charge is 0.494 e. The third-order valence-corrected chi connectivity index (χ3v) is 8.71. The van der Waals surface area contributed by atoms with Crippen LogP contribution in [0.3, 0.4) is 0 Å². The first-order valence-electron chi connectivity index (χ1n) is 17.5. The minimum Gasteiger partial charge on any atom is -0.494 e. The molecule has 4 rings (SSSR count). The molecule has 2 N–H and O–H groups in total. The number of hydrogen-bond donors (Lipinski definition) is 2. The molecule has 2 heterocycles. The van der Waals surface area contributed by atoms with Gasteiger partial charge in [0.2, 0.25) is 5.96 Å².